The minimum Gasteiger partial charge on any atom is -0.497 e. The van der Waals surface area contributed by atoms with Gasteiger partial charge in [-0.15, -0.1) is 0 Å². The molecule has 5 aliphatic rings. The van der Waals surface area contributed by atoms with E-state index in [0.717, 1.165) is 82.2 Å². The van der Waals surface area contributed by atoms with Gasteiger partial charge < -0.3 is 43.6 Å². The van der Waals surface area contributed by atoms with Crippen molar-refractivity contribution in [1.82, 2.24) is 29.5 Å². The van der Waals surface area contributed by atoms with Crippen LogP contribution in [0.5, 0.6) is 28.7 Å². The molecule has 4 aliphatic heterocycles. The fourth-order valence-corrected chi connectivity index (χ4v) is 12.6. The third-order valence-electron chi connectivity index (χ3n) is 15.4. The third-order valence-corrected chi connectivity index (χ3v) is 16.7. The average Bonchev–Trinajstić information content (AvgIpc) is 4.11. The van der Waals surface area contributed by atoms with Crippen LogP contribution in [-0.4, -0.2) is 129 Å². The minimum absolute atomic E-state index is 0.0384. The summed E-state index contributed by atoms with van der Waals surface area (Å²) >= 11 is 0. The van der Waals surface area contributed by atoms with E-state index in [-0.39, 0.29) is 53.1 Å². The van der Waals surface area contributed by atoms with Crippen LogP contribution in [0.1, 0.15) is 78.5 Å². The van der Waals surface area contributed by atoms with Crippen LogP contribution in [0.25, 0.3) is 11.0 Å². The minimum atomic E-state index is -4.85. The molecule has 4 fully saturated rings. The second-order valence-electron chi connectivity index (χ2n) is 20.4. The number of aromatic nitrogens is 3. The number of anilines is 2. The summed E-state index contributed by atoms with van der Waals surface area (Å²) in [5, 5.41) is 16.1. The average molecular weight is 1040 g/mol. The first-order chi connectivity index (χ1) is 36.3. The van der Waals surface area contributed by atoms with E-state index in [0.29, 0.717) is 42.4 Å². The highest BCUT2D eigenvalue weighted by Gasteiger charge is 2.50. The molecule has 3 aromatic carbocycles. The van der Waals surface area contributed by atoms with Gasteiger partial charge in [-0.3, -0.25) is 24.7 Å². The molecule has 1 spiro atoms. The molecule has 3 N–H and O–H groups in total. The Kier molecular flexibility index (Phi) is 14.0. The Labute approximate surface area is 434 Å². The fourth-order valence-electron chi connectivity index (χ4n) is 11.4. The Morgan fingerprint density at radius 1 is 0.960 bits per heavy atom. The Hall–Kier alpha value is -7.04. The molecule has 394 valence electrons. The topological polar surface area (TPSA) is 225 Å². The molecule has 1 saturated carbocycles. The predicted molar refractivity (Wildman–Crippen MR) is 278 cm³/mol. The highest BCUT2D eigenvalue weighted by molar-refractivity contribution is 7.90. The van der Waals surface area contributed by atoms with Crippen molar-refractivity contribution in [2.75, 3.05) is 83.2 Å². The lowest BCUT2D eigenvalue weighted by Crippen LogP contribution is -2.60. The lowest BCUT2D eigenvalue weighted by Gasteiger charge is -2.58. The molecule has 3 aromatic heterocycles. The number of piperazine rings is 1. The number of sulfonamides is 1. The van der Waals surface area contributed by atoms with Crippen LogP contribution in [0, 0.1) is 15.5 Å². The summed E-state index contributed by atoms with van der Waals surface area (Å²) in [4.78, 5) is 45.0. The Morgan fingerprint density at radius 3 is 2.52 bits per heavy atom. The largest absolute Gasteiger partial charge is 0.497 e. The van der Waals surface area contributed by atoms with Crippen molar-refractivity contribution in [3.8, 4) is 28.7 Å². The smallest absolute Gasteiger partial charge is 0.297 e. The molecule has 21 heteroatoms. The maximum Gasteiger partial charge on any atom is 0.297 e. The number of rotatable bonds is 16. The van der Waals surface area contributed by atoms with Crippen molar-refractivity contribution in [2.24, 2.45) is 5.41 Å². The van der Waals surface area contributed by atoms with Gasteiger partial charge >= 0.3 is 0 Å². The number of carbonyl (C=O) groups is 1. The molecule has 75 heavy (non-hydrogen) atoms. The zero-order chi connectivity index (χ0) is 51.8. The number of methoxy groups -OCH3 is 1. The van der Waals surface area contributed by atoms with E-state index in [1.54, 1.807) is 25.4 Å². The lowest BCUT2D eigenvalue weighted by atomic mass is 9.59. The first-order valence-corrected chi connectivity index (χ1v) is 27.0. The van der Waals surface area contributed by atoms with Gasteiger partial charge in [-0.05, 0) is 78.0 Å². The summed E-state index contributed by atoms with van der Waals surface area (Å²) < 4.78 is 64.5. The number of fused-ring (bicyclic) bond motifs is 2. The molecule has 0 bridgehead atoms. The maximum atomic E-state index is 14.2. The Bertz CT molecular complexity index is 3190. The van der Waals surface area contributed by atoms with Crippen LogP contribution in [0.15, 0.2) is 96.3 Å². The summed E-state index contributed by atoms with van der Waals surface area (Å²) in [7, 11) is -3.15. The normalized spacial score (nSPS) is 20.0. The van der Waals surface area contributed by atoms with Crippen LogP contribution in [-0.2, 0) is 26.0 Å². The number of nitro groups is 1. The van der Waals surface area contributed by atoms with E-state index in [9.17, 15) is 23.3 Å². The van der Waals surface area contributed by atoms with E-state index >= 15 is 0 Å². The van der Waals surface area contributed by atoms with Crippen molar-refractivity contribution < 1.29 is 46.6 Å². The second-order valence-corrected chi connectivity index (χ2v) is 22.0. The molecular weight excluding hydrogens is 983 g/mol. The number of amides is 1. The SMILES string of the molecule is COc1ccc(CN2CCN(C3CC4(CCN(c5cc(Oc6cnc7[nH]ccc7c6)c(C(=O)NS(=O)(=O)c6cc([N+](=O)[O-])c(NC[C@H]7COCCO7)c7c6OCO7)cn5)CC4)C3)[C@H](c3ccccc3C(C)C)C2)cc1. The van der Waals surface area contributed by atoms with Crippen molar-refractivity contribution in [3.63, 3.8) is 0 Å². The van der Waals surface area contributed by atoms with Gasteiger partial charge in [0.25, 0.3) is 21.6 Å². The maximum absolute atomic E-state index is 14.2. The van der Waals surface area contributed by atoms with Gasteiger partial charge in [-0.1, -0.05) is 50.2 Å². The summed E-state index contributed by atoms with van der Waals surface area (Å²) in [6, 6.07) is 24.1. The molecule has 1 aliphatic carbocycles. The highest BCUT2D eigenvalue weighted by Crippen LogP contribution is 2.54. The molecule has 11 rings (SSSR count). The molecule has 0 unspecified atom stereocenters. The number of nitrogens with one attached hydrogen (secondary N) is 3. The number of piperidine rings is 1. The molecule has 1 amide bonds. The van der Waals surface area contributed by atoms with Crippen LogP contribution in [0.2, 0.25) is 0 Å². The molecule has 20 nitrogen and oxygen atoms in total. The molecular formula is C54H61N9O11S. The number of carbonyl (C=O) groups excluding carboxylic acids is 1. The zero-order valence-corrected chi connectivity index (χ0v) is 43.0. The number of pyridine rings is 2. The molecule has 6 aromatic rings. The van der Waals surface area contributed by atoms with E-state index in [1.807, 2.05) is 18.2 Å². The molecule has 7 heterocycles. The summed E-state index contributed by atoms with van der Waals surface area (Å²) in [6.45, 7) is 10.6. The number of nitrogens with zero attached hydrogens (tertiary/aromatic N) is 6. The van der Waals surface area contributed by atoms with E-state index in [2.05, 4.69) is 85.0 Å². The van der Waals surface area contributed by atoms with Crippen molar-refractivity contribution in [3.05, 3.63) is 124 Å². The fraction of sp³-hybridized carbons (Fsp3) is 0.426. The second kappa shape index (κ2) is 20.9. The van der Waals surface area contributed by atoms with Gasteiger partial charge in [-0.25, -0.2) is 23.1 Å². The summed E-state index contributed by atoms with van der Waals surface area (Å²) in [5.74, 6) is 0.610. The van der Waals surface area contributed by atoms with E-state index < -0.39 is 44.3 Å². The standard InChI is InChI=1S/C54H61N9O11S/c1-34(2)41-6-4-5-7-42(41)45-31-60(30-35-8-10-38(69-3)11-9-35)18-19-62(45)37-25-54(26-37)13-16-61(17-14-54)48-24-46(74-39-22-36-12-15-55-52(36)58-27-39)43(29-56-48)53(64)59-75(67,68)47-23-44(63(65)66)49(51-50(47)72-33-73-51)57-28-40-32-70-20-21-71-40/h4-12,15,22-24,27,29,34,37,40,45,57H,13-14,16-21,25-26,28,30-33H2,1-3H3,(H,55,58)(H,59,64)/t40-,45-/m0/s1. The number of aromatic amines is 1. The summed E-state index contributed by atoms with van der Waals surface area (Å²) in [6.07, 6.45) is 8.26. The highest BCUT2D eigenvalue weighted by atomic mass is 32.2. The van der Waals surface area contributed by atoms with Gasteiger partial charge in [0.2, 0.25) is 6.79 Å². The van der Waals surface area contributed by atoms with Crippen molar-refractivity contribution in [2.45, 2.75) is 75.1 Å². The first kappa shape index (κ1) is 50.1. The Balaban J connectivity index is 0.805. The first-order valence-electron chi connectivity index (χ1n) is 25.5. The van der Waals surface area contributed by atoms with Gasteiger partial charge in [-0.2, -0.15) is 0 Å². The van der Waals surface area contributed by atoms with Crippen molar-refractivity contribution >= 4 is 44.2 Å². The zero-order valence-electron chi connectivity index (χ0n) is 42.2. The predicted octanol–water partition coefficient (Wildman–Crippen LogP) is 7.77. The van der Waals surface area contributed by atoms with Crippen LogP contribution >= 0.6 is 0 Å². The van der Waals surface area contributed by atoms with Gasteiger partial charge in [0.1, 0.15) is 39.2 Å². The van der Waals surface area contributed by atoms with Gasteiger partial charge in [0.15, 0.2) is 17.2 Å². The molecule has 0 radical (unpaired) electrons. The molecule has 3 saturated heterocycles. The number of ether oxygens (including phenoxy) is 6. The van der Waals surface area contributed by atoms with E-state index in [4.69, 9.17) is 33.4 Å². The number of hydrogen-bond donors (Lipinski definition) is 3. The van der Waals surface area contributed by atoms with Gasteiger partial charge in [0.05, 0.1) is 44.2 Å². The third kappa shape index (κ3) is 10.4. The summed E-state index contributed by atoms with van der Waals surface area (Å²) in [5.41, 5.74) is 4.02. The van der Waals surface area contributed by atoms with E-state index in [1.165, 1.54) is 29.1 Å². The molecule has 2 atom stereocenters. The number of hydrogen-bond acceptors (Lipinski definition) is 17. The van der Waals surface area contributed by atoms with Gasteiger partial charge in [0, 0.05) is 87.8 Å². The number of benzene rings is 3. The van der Waals surface area contributed by atoms with Crippen LogP contribution in [0.4, 0.5) is 17.2 Å². The number of nitro benzene ring substituents is 1. The monoisotopic (exact) mass is 1040 g/mol. The number of H-pyrrole nitrogens is 1. The quantitative estimate of drug-likeness (QED) is 0.0622. The lowest BCUT2D eigenvalue weighted by molar-refractivity contribution is -0.384. The Morgan fingerprint density at radius 2 is 1.76 bits per heavy atom. The van der Waals surface area contributed by atoms with Crippen LogP contribution < -0.4 is 33.9 Å². The van der Waals surface area contributed by atoms with Crippen molar-refractivity contribution in [1.29, 1.82) is 0 Å². The van der Waals surface area contributed by atoms with Crippen LogP contribution in [0.3, 0.4) is 0 Å².